The van der Waals surface area contributed by atoms with Crippen molar-refractivity contribution in [2.24, 2.45) is 0 Å². The molecule has 0 saturated heterocycles. The molecule has 3 aromatic rings. The van der Waals surface area contributed by atoms with Crippen LogP contribution in [-0.2, 0) is 0 Å². The van der Waals surface area contributed by atoms with Gasteiger partial charge in [-0.1, -0.05) is 24.3 Å². The van der Waals surface area contributed by atoms with Gasteiger partial charge in [0.25, 0.3) is 0 Å². The number of carbonyl (C=O) groups is 2. The average molecular weight is 343 g/mol. The SMILES string of the molecule is O=C(Nc1ccccc1)Nc1ccc(C(=O)/C=C/c2cccnc2)cc1. The van der Waals surface area contributed by atoms with Gasteiger partial charge >= 0.3 is 6.03 Å². The number of amides is 2. The zero-order chi connectivity index (χ0) is 18.2. The van der Waals surface area contributed by atoms with Gasteiger partial charge in [0.1, 0.15) is 0 Å². The highest BCUT2D eigenvalue weighted by molar-refractivity contribution is 6.07. The molecule has 1 heterocycles. The van der Waals surface area contributed by atoms with Gasteiger partial charge in [0.05, 0.1) is 0 Å². The third-order valence-electron chi connectivity index (χ3n) is 3.57. The van der Waals surface area contributed by atoms with E-state index < -0.39 is 0 Å². The fraction of sp³-hybridized carbons (Fsp3) is 0. The second-order valence-corrected chi connectivity index (χ2v) is 5.51. The second kappa shape index (κ2) is 8.39. The molecule has 0 fully saturated rings. The van der Waals surface area contributed by atoms with Crippen LogP contribution < -0.4 is 10.6 Å². The summed E-state index contributed by atoms with van der Waals surface area (Å²) in [7, 11) is 0. The molecule has 3 rings (SSSR count). The van der Waals surface area contributed by atoms with Crippen molar-refractivity contribution in [3.63, 3.8) is 0 Å². The fourth-order valence-corrected chi connectivity index (χ4v) is 2.28. The third-order valence-corrected chi connectivity index (χ3v) is 3.57. The quantitative estimate of drug-likeness (QED) is 0.524. The predicted molar refractivity (Wildman–Crippen MR) is 103 cm³/mol. The van der Waals surface area contributed by atoms with Gasteiger partial charge < -0.3 is 10.6 Å². The molecule has 0 atom stereocenters. The summed E-state index contributed by atoms with van der Waals surface area (Å²) in [5, 5.41) is 5.46. The molecule has 5 nitrogen and oxygen atoms in total. The number of rotatable bonds is 5. The van der Waals surface area contributed by atoms with Crippen molar-refractivity contribution in [1.82, 2.24) is 4.98 Å². The van der Waals surface area contributed by atoms with Crippen LogP contribution in [0.1, 0.15) is 15.9 Å². The summed E-state index contributed by atoms with van der Waals surface area (Å²) < 4.78 is 0. The maximum absolute atomic E-state index is 12.2. The summed E-state index contributed by atoms with van der Waals surface area (Å²) in [6, 6.07) is 19.2. The molecule has 0 aliphatic rings. The van der Waals surface area contributed by atoms with Crippen LogP contribution in [0.25, 0.3) is 6.08 Å². The van der Waals surface area contributed by atoms with Crippen molar-refractivity contribution in [1.29, 1.82) is 0 Å². The smallest absolute Gasteiger partial charge is 0.308 e. The molecule has 0 aliphatic carbocycles. The van der Waals surface area contributed by atoms with Crippen LogP contribution in [0.4, 0.5) is 16.2 Å². The van der Waals surface area contributed by atoms with Gasteiger partial charge in [-0.15, -0.1) is 0 Å². The number of aromatic nitrogens is 1. The molecule has 2 amide bonds. The Balaban J connectivity index is 1.58. The predicted octanol–water partition coefficient (Wildman–Crippen LogP) is 4.62. The van der Waals surface area contributed by atoms with Crippen molar-refractivity contribution in [2.75, 3.05) is 10.6 Å². The maximum atomic E-state index is 12.2. The molecule has 26 heavy (non-hydrogen) atoms. The van der Waals surface area contributed by atoms with Crippen LogP contribution >= 0.6 is 0 Å². The van der Waals surface area contributed by atoms with Gasteiger partial charge in [-0.2, -0.15) is 0 Å². The number of nitrogens with one attached hydrogen (secondary N) is 2. The number of benzene rings is 2. The Labute approximate surface area is 151 Å². The Morgan fingerprint density at radius 3 is 2.15 bits per heavy atom. The fourth-order valence-electron chi connectivity index (χ4n) is 2.28. The van der Waals surface area contributed by atoms with Crippen molar-refractivity contribution < 1.29 is 9.59 Å². The Morgan fingerprint density at radius 1 is 0.808 bits per heavy atom. The lowest BCUT2D eigenvalue weighted by Gasteiger charge is -2.07. The minimum Gasteiger partial charge on any atom is -0.308 e. The first kappa shape index (κ1) is 17.1. The highest BCUT2D eigenvalue weighted by atomic mass is 16.2. The third kappa shape index (κ3) is 4.88. The lowest BCUT2D eigenvalue weighted by Crippen LogP contribution is -2.19. The molecule has 0 bridgehead atoms. The molecular formula is C21H17N3O2. The minimum absolute atomic E-state index is 0.117. The number of nitrogens with zero attached hydrogens (tertiary/aromatic N) is 1. The Bertz CT molecular complexity index is 905. The average Bonchev–Trinajstić information content (AvgIpc) is 2.68. The van der Waals surface area contributed by atoms with Crippen LogP contribution in [0.15, 0.2) is 85.2 Å². The molecule has 128 valence electrons. The van der Waals surface area contributed by atoms with E-state index in [1.54, 1.807) is 54.9 Å². The molecule has 0 saturated carbocycles. The highest BCUT2D eigenvalue weighted by Gasteiger charge is 2.05. The van der Waals surface area contributed by atoms with Crippen LogP contribution in [0.2, 0.25) is 0 Å². The van der Waals surface area contributed by atoms with Crippen LogP contribution in [0, 0.1) is 0 Å². The van der Waals surface area contributed by atoms with E-state index in [4.69, 9.17) is 0 Å². The molecule has 0 radical (unpaired) electrons. The van der Waals surface area contributed by atoms with Crippen LogP contribution in [-0.4, -0.2) is 16.8 Å². The number of urea groups is 1. The standard InChI is InChI=1S/C21H17N3O2/c25-20(13-8-16-5-4-14-22-15-16)17-9-11-19(12-10-17)24-21(26)23-18-6-2-1-3-7-18/h1-15H,(H2,23,24,26)/b13-8+. The van der Waals surface area contributed by atoms with E-state index in [9.17, 15) is 9.59 Å². The lowest BCUT2D eigenvalue weighted by molar-refractivity contribution is 0.104. The summed E-state index contributed by atoms with van der Waals surface area (Å²) in [6.45, 7) is 0. The van der Waals surface area contributed by atoms with Crippen molar-refractivity contribution in [3.8, 4) is 0 Å². The number of hydrogen-bond acceptors (Lipinski definition) is 3. The molecule has 2 aromatic carbocycles. The van der Waals surface area contributed by atoms with Gasteiger partial charge in [0.2, 0.25) is 0 Å². The van der Waals surface area contributed by atoms with Gasteiger partial charge in [-0.25, -0.2) is 4.79 Å². The van der Waals surface area contributed by atoms with E-state index in [0.29, 0.717) is 16.9 Å². The normalized spacial score (nSPS) is 10.5. The number of hydrogen-bond donors (Lipinski definition) is 2. The monoisotopic (exact) mass is 343 g/mol. The van der Waals surface area contributed by atoms with E-state index in [1.165, 1.54) is 6.08 Å². The summed E-state index contributed by atoms with van der Waals surface area (Å²) in [6.07, 6.45) is 6.58. The summed E-state index contributed by atoms with van der Waals surface area (Å²) in [5.41, 5.74) is 2.71. The minimum atomic E-state index is -0.341. The molecule has 0 spiro atoms. The first-order valence-corrected chi connectivity index (χ1v) is 8.06. The van der Waals surface area contributed by atoms with E-state index in [2.05, 4.69) is 15.6 Å². The number of para-hydroxylation sites is 1. The number of ketones is 1. The molecule has 0 unspecified atom stereocenters. The van der Waals surface area contributed by atoms with Gasteiger partial charge in [-0.05, 0) is 60.2 Å². The first-order chi connectivity index (χ1) is 12.7. The second-order valence-electron chi connectivity index (χ2n) is 5.51. The van der Waals surface area contributed by atoms with Crippen molar-refractivity contribution in [2.45, 2.75) is 0 Å². The largest absolute Gasteiger partial charge is 0.323 e. The number of allylic oxidation sites excluding steroid dienone is 1. The van der Waals surface area contributed by atoms with Gasteiger partial charge in [0.15, 0.2) is 5.78 Å². The van der Waals surface area contributed by atoms with Gasteiger partial charge in [0, 0.05) is 29.3 Å². The lowest BCUT2D eigenvalue weighted by atomic mass is 10.1. The van der Waals surface area contributed by atoms with Crippen LogP contribution in [0.5, 0.6) is 0 Å². The zero-order valence-corrected chi connectivity index (χ0v) is 13.9. The number of carbonyl (C=O) groups excluding carboxylic acids is 2. The molecule has 0 aliphatic heterocycles. The van der Waals surface area contributed by atoms with E-state index in [-0.39, 0.29) is 11.8 Å². The maximum Gasteiger partial charge on any atom is 0.323 e. The van der Waals surface area contributed by atoms with Gasteiger partial charge in [-0.3, -0.25) is 9.78 Å². The van der Waals surface area contributed by atoms with E-state index in [1.807, 2.05) is 30.3 Å². The number of anilines is 2. The zero-order valence-electron chi connectivity index (χ0n) is 13.9. The summed E-state index contributed by atoms with van der Waals surface area (Å²) >= 11 is 0. The molecule has 5 heteroatoms. The summed E-state index contributed by atoms with van der Waals surface area (Å²) in [5.74, 6) is -0.117. The molecule has 2 N–H and O–H groups in total. The Morgan fingerprint density at radius 2 is 1.50 bits per heavy atom. The van der Waals surface area contributed by atoms with E-state index in [0.717, 1.165) is 5.56 Å². The number of pyridine rings is 1. The Kier molecular flexibility index (Phi) is 5.52. The van der Waals surface area contributed by atoms with Crippen molar-refractivity contribution >= 4 is 29.3 Å². The van der Waals surface area contributed by atoms with Crippen LogP contribution in [0.3, 0.4) is 0 Å². The topological polar surface area (TPSA) is 71.1 Å². The highest BCUT2D eigenvalue weighted by Crippen LogP contribution is 2.12. The first-order valence-electron chi connectivity index (χ1n) is 8.06. The summed E-state index contributed by atoms with van der Waals surface area (Å²) in [4.78, 5) is 28.1. The molecular weight excluding hydrogens is 326 g/mol. The van der Waals surface area contributed by atoms with E-state index >= 15 is 0 Å². The van der Waals surface area contributed by atoms with Crippen molar-refractivity contribution in [3.05, 3.63) is 96.3 Å². The Hall–Kier alpha value is -3.73. The molecule has 1 aromatic heterocycles.